The topological polar surface area (TPSA) is 13.1 Å². The first-order chi connectivity index (χ1) is 18.3. The van der Waals surface area contributed by atoms with Crippen LogP contribution in [0.3, 0.4) is 0 Å². The van der Waals surface area contributed by atoms with Crippen LogP contribution >= 0.6 is 0 Å². The molecule has 1 atom stereocenters. The molecule has 5 aliphatic carbocycles. The van der Waals surface area contributed by atoms with Crippen molar-refractivity contribution in [2.24, 2.45) is 17.8 Å². The third kappa shape index (κ3) is 4.68. The van der Waals surface area contributed by atoms with Gasteiger partial charge in [0, 0.05) is 16.7 Å². The molecule has 1 nitrogen and oxygen atoms in total. The maximum Gasteiger partial charge on any atom is 3.00 e. The molecular weight excluding hydrogens is 639 g/mol. The predicted molar refractivity (Wildman–Crippen MR) is 161 cm³/mol. The number of rotatable bonds is 2. The Bertz CT molecular complexity index is 1570. The summed E-state index contributed by atoms with van der Waals surface area (Å²) in [5.41, 5.74) is 11.5. The van der Waals surface area contributed by atoms with Crippen LogP contribution in [0.25, 0.3) is 27.1 Å². The van der Waals surface area contributed by atoms with Gasteiger partial charge in [-0.2, -0.15) is 6.07 Å². The number of hydrogen-bond donors (Lipinski definition) is 0. The fourth-order valence-electron chi connectivity index (χ4n) is 10.3. The predicted octanol–water partition coefficient (Wildman–Crippen LogP) is 3.96. The van der Waals surface area contributed by atoms with E-state index in [1.165, 1.54) is 77.1 Å². The van der Waals surface area contributed by atoms with E-state index in [-0.39, 0.29) is 51.0 Å². The second kappa shape index (κ2) is 11.0. The molecule has 3 aromatic carbocycles. The summed E-state index contributed by atoms with van der Waals surface area (Å²) in [6.45, 7) is 9.39. The first-order valence-electron chi connectivity index (χ1n) is 14.9. The molecule has 211 valence electrons. The van der Waals surface area contributed by atoms with Crippen molar-refractivity contribution < 1.29 is 55.4 Å². The van der Waals surface area contributed by atoms with Gasteiger partial charge in [-0.15, -0.1) is 34.5 Å². The molecule has 1 aromatic heterocycles. The van der Waals surface area contributed by atoms with E-state index in [2.05, 4.69) is 81.5 Å². The Balaban J connectivity index is 0.000000191. The van der Waals surface area contributed by atoms with Crippen LogP contribution in [0.4, 0.5) is 0 Å². The fourth-order valence-corrected chi connectivity index (χ4v) is 14.6. The summed E-state index contributed by atoms with van der Waals surface area (Å²) in [5, 5.41) is 4.42. The van der Waals surface area contributed by atoms with Crippen molar-refractivity contribution in [3.8, 4) is 11.1 Å². The maximum absolute atomic E-state index is 5.22. The Morgan fingerprint density at radius 1 is 0.829 bits per heavy atom. The van der Waals surface area contributed by atoms with Gasteiger partial charge in [0.25, 0.3) is 0 Å². The molecule has 4 aromatic rings. The number of hydrogen-bond acceptors (Lipinski definition) is 1. The molecule has 0 amide bonds. The van der Waals surface area contributed by atoms with Gasteiger partial charge < -0.3 is 29.2 Å². The molecule has 2 aliphatic heterocycles. The molecule has 41 heavy (non-hydrogen) atoms. The van der Waals surface area contributed by atoms with Crippen LogP contribution in [0.5, 0.6) is 0 Å². The number of fused-ring (bicyclic) bond motifs is 1. The summed E-state index contributed by atoms with van der Waals surface area (Å²) in [6.07, 6.45) is 12.8. The van der Waals surface area contributed by atoms with Gasteiger partial charge in [-0.1, -0.05) is 61.5 Å². The molecule has 6 bridgehead atoms. The second-order valence-electron chi connectivity index (χ2n) is 14.1. The van der Waals surface area contributed by atoms with Crippen LogP contribution in [0.1, 0.15) is 73.2 Å². The standard InChI is InChI=1S/C26H27.C10H12OSi.2ClH.Zr/c1-17-9-22-3-2-4-24(25(22)10-17)21-5-7-23(8-6-21)26-14-18-11-19(15-26)13-20(12-18)16-26;1-6-9-7-4-11-5-8(7)10(6)12(9,2)3;;;/h2-10,18-20H,11-16H2,1H3;4-5,9H,1-3H3;2*1H;/q-1;;;;+3/p-2. The van der Waals surface area contributed by atoms with Crippen molar-refractivity contribution in [2.75, 3.05) is 0 Å². The molecule has 4 saturated carbocycles. The Labute approximate surface area is 277 Å². The molecule has 4 fully saturated rings. The Morgan fingerprint density at radius 3 is 2.05 bits per heavy atom. The maximum atomic E-state index is 5.22. The van der Waals surface area contributed by atoms with Crippen molar-refractivity contribution in [1.29, 1.82) is 0 Å². The van der Waals surface area contributed by atoms with Crippen LogP contribution in [0, 0.1) is 24.7 Å². The van der Waals surface area contributed by atoms with E-state index in [1.54, 1.807) is 16.3 Å². The number of furan rings is 1. The van der Waals surface area contributed by atoms with Crippen molar-refractivity contribution in [1.82, 2.24) is 0 Å². The molecule has 7 aliphatic rings. The van der Waals surface area contributed by atoms with Crippen LogP contribution in [0.2, 0.25) is 13.1 Å². The van der Waals surface area contributed by atoms with Gasteiger partial charge in [-0.3, -0.25) is 0 Å². The molecule has 1 unspecified atom stereocenters. The summed E-state index contributed by atoms with van der Waals surface area (Å²) in [6, 6.07) is 21.1. The molecule has 11 rings (SSSR count). The summed E-state index contributed by atoms with van der Waals surface area (Å²) in [4.78, 5) is 0. The van der Waals surface area contributed by atoms with E-state index in [9.17, 15) is 0 Å². The van der Waals surface area contributed by atoms with Gasteiger partial charge in [0.15, 0.2) is 0 Å². The van der Waals surface area contributed by atoms with E-state index in [1.807, 2.05) is 12.5 Å². The van der Waals surface area contributed by atoms with Crippen molar-refractivity contribution >= 4 is 24.0 Å². The number of halogens is 2. The first-order valence-corrected chi connectivity index (χ1v) is 17.9. The van der Waals surface area contributed by atoms with Gasteiger partial charge in [0.05, 0.1) is 20.6 Å². The van der Waals surface area contributed by atoms with Gasteiger partial charge in [0.2, 0.25) is 0 Å². The quantitative estimate of drug-likeness (QED) is 0.232. The van der Waals surface area contributed by atoms with Crippen molar-refractivity contribution in [2.45, 2.75) is 76.4 Å². The summed E-state index contributed by atoms with van der Waals surface area (Å²) in [5.74, 6) is 3.05. The second-order valence-corrected chi connectivity index (χ2v) is 18.6. The van der Waals surface area contributed by atoms with Gasteiger partial charge in [-0.05, 0) is 84.9 Å². The number of allylic oxidation sites excluding steroid dienone is 1. The molecule has 3 heterocycles. The smallest absolute Gasteiger partial charge is 1.00 e. The zero-order valence-electron chi connectivity index (χ0n) is 24.6. The van der Waals surface area contributed by atoms with Crippen molar-refractivity contribution in [3.63, 3.8) is 0 Å². The SMILES string of the molecule is CC1=C2c3cocc3C1[Si]2(C)C.Cc1cc2c(-c3ccc(C45CC6CC(CC(C6)C4)C5)cc3)cccc2[cH-]1.[Cl-].[Cl-].[Zr+3]. The average Bonchev–Trinajstić information content (AvgIpc) is 3.60. The zero-order valence-corrected chi connectivity index (χ0v) is 29.5. The van der Waals surface area contributed by atoms with E-state index >= 15 is 0 Å². The third-order valence-electron chi connectivity index (χ3n) is 11.2. The van der Waals surface area contributed by atoms with Gasteiger partial charge in [-0.25, -0.2) is 0 Å². The van der Waals surface area contributed by atoms with E-state index in [0.29, 0.717) is 5.41 Å². The molecule has 0 spiro atoms. The van der Waals surface area contributed by atoms with Crippen LogP contribution in [-0.4, -0.2) is 8.07 Å². The molecule has 1 radical (unpaired) electrons. The minimum absolute atomic E-state index is 0. The Morgan fingerprint density at radius 2 is 1.46 bits per heavy atom. The Kier molecular flexibility index (Phi) is 8.39. The molecular formula is C36H39Cl2OSiZr. The number of benzene rings is 2. The van der Waals surface area contributed by atoms with Gasteiger partial charge >= 0.3 is 26.2 Å². The minimum atomic E-state index is -1.04. The normalized spacial score (nSPS) is 29.0. The monoisotopic (exact) mass is 675 g/mol. The zero-order chi connectivity index (χ0) is 25.8. The average molecular weight is 678 g/mol. The van der Waals surface area contributed by atoms with Crippen LogP contribution in [0.15, 0.2) is 77.1 Å². The van der Waals surface area contributed by atoms with E-state index < -0.39 is 8.07 Å². The molecule has 0 N–H and O–H groups in total. The first kappa shape index (κ1) is 31.2. The summed E-state index contributed by atoms with van der Waals surface area (Å²) in [7, 11) is -1.04. The van der Waals surface area contributed by atoms with E-state index in [4.69, 9.17) is 4.42 Å². The summed E-state index contributed by atoms with van der Waals surface area (Å²) >= 11 is 0. The van der Waals surface area contributed by atoms with E-state index in [0.717, 1.165) is 23.3 Å². The third-order valence-corrected chi connectivity index (χ3v) is 15.3. The molecule has 5 heteroatoms. The van der Waals surface area contributed by atoms with Crippen LogP contribution in [-0.2, 0) is 31.6 Å². The van der Waals surface area contributed by atoms with Crippen molar-refractivity contribution in [3.05, 3.63) is 95.0 Å². The summed E-state index contributed by atoms with van der Waals surface area (Å²) < 4.78 is 5.22. The minimum Gasteiger partial charge on any atom is -1.00 e. The number of aryl methyl sites for hydroxylation is 1. The largest absolute Gasteiger partial charge is 3.00 e. The molecule has 0 saturated heterocycles. The van der Waals surface area contributed by atoms with Crippen LogP contribution < -0.4 is 24.8 Å². The Hall–Kier alpha value is -1.25. The fraction of sp³-hybridized carbons (Fsp3) is 0.417. The van der Waals surface area contributed by atoms with Gasteiger partial charge in [0.1, 0.15) is 0 Å².